The number of nitrogens with one attached hydrogen (secondary N) is 1. The van der Waals surface area contributed by atoms with Crippen molar-refractivity contribution in [3.8, 4) is 11.8 Å². The second-order valence-corrected chi connectivity index (χ2v) is 4.78. The van der Waals surface area contributed by atoms with Crippen LogP contribution in [0.3, 0.4) is 0 Å². The molecule has 21 heavy (non-hydrogen) atoms. The minimum atomic E-state index is -0.121. The lowest BCUT2D eigenvalue weighted by Gasteiger charge is -2.07. The summed E-state index contributed by atoms with van der Waals surface area (Å²) in [6.07, 6.45) is 3.73. The van der Waals surface area contributed by atoms with Crippen molar-refractivity contribution >= 4 is 5.91 Å². The first-order valence-electron chi connectivity index (χ1n) is 6.79. The normalized spacial score (nSPS) is 10.6. The summed E-state index contributed by atoms with van der Waals surface area (Å²) in [6.45, 7) is 1.59. The standard InChI is InChI=1S/C16H21N3O2/c1-19(2)12-3-4-16(20)18-11-13-21-15-7-5-14(6-8-15)9-10-17/h3-8H,9,11-13H2,1-2H3,(H,18,20)/b4-3+. The second kappa shape index (κ2) is 9.56. The largest absolute Gasteiger partial charge is 0.492 e. The average Bonchev–Trinajstić information content (AvgIpc) is 2.45. The van der Waals surface area contributed by atoms with E-state index in [1.165, 1.54) is 6.08 Å². The number of nitrogens with zero attached hydrogens (tertiary/aromatic N) is 2. The Morgan fingerprint density at radius 3 is 2.71 bits per heavy atom. The number of rotatable bonds is 8. The van der Waals surface area contributed by atoms with Crippen LogP contribution in [0.1, 0.15) is 5.56 Å². The number of likely N-dealkylation sites (N-methyl/N-ethyl adjacent to an activating group) is 1. The number of benzene rings is 1. The van der Waals surface area contributed by atoms with Crippen LogP contribution in [0.25, 0.3) is 0 Å². The van der Waals surface area contributed by atoms with Crippen LogP contribution >= 0.6 is 0 Å². The van der Waals surface area contributed by atoms with Gasteiger partial charge in [-0.25, -0.2) is 0 Å². The lowest BCUT2D eigenvalue weighted by Crippen LogP contribution is -2.26. The second-order valence-electron chi connectivity index (χ2n) is 4.78. The Morgan fingerprint density at radius 1 is 1.38 bits per heavy atom. The van der Waals surface area contributed by atoms with E-state index < -0.39 is 0 Å². The van der Waals surface area contributed by atoms with Gasteiger partial charge in [0, 0.05) is 12.6 Å². The van der Waals surface area contributed by atoms with E-state index in [9.17, 15) is 4.79 Å². The minimum Gasteiger partial charge on any atom is -0.492 e. The van der Waals surface area contributed by atoms with Crippen LogP contribution in [0.15, 0.2) is 36.4 Å². The number of carbonyl (C=O) groups is 1. The molecule has 0 bridgehead atoms. The van der Waals surface area contributed by atoms with Gasteiger partial charge in [-0.2, -0.15) is 5.26 Å². The van der Waals surface area contributed by atoms with Crippen LogP contribution in [0.2, 0.25) is 0 Å². The Bertz CT molecular complexity index is 501. The van der Waals surface area contributed by atoms with Gasteiger partial charge in [-0.15, -0.1) is 0 Å². The molecule has 0 saturated carbocycles. The molecule has 1 aromatic rings. The van der Waals surface area contributed by atoms with Crippen LogP contribution in [0, 0.1) is 11.3 Å². The van der Waals surface area contributed by atoms with Gasteiger partial charge in [0.1, 0.15) is 12.4 Å². The first-order chi connectivity index (χ1) is 10.1. The average molecular weight is 287 g/mol. The van der Waals surface area contributed by atoms with Crippen molar-refractivity contribution in [2.24, 2.45) is 0 Å². The summed E-state index contributed by atoms with van der Waals surface area (Å²) < 4.78 is 5.50. The molecule has 5 nitrogen and oxygen atoms in total. The fourth-order valence-corrected chi connectivity index (χ4v) is 1.57. The molecule has 112 valence electrons. The summed E-state index contributed by atoms with van der Waals surface area (Å²) in [6, 6.07) is 9.47. The van der Waals surface area contributed by atoms with Crippen molar-refractivity contribution in [1.29, 1.82) is 5.26 Å². The molecule has 0 aliphatic heterocycles. The van der Waals surface area contributed by atoms with Gasteiger partial charge >= 0.3 is 0 Å². The van der Waals surface area contributed by atoms with E-state index >= 15 is 0 Å². The van der Waals surface area contributed by atoms with Crippen molar-refractivity contribution in [3.63, 3.8) is 0 Å². The van der Waals surface area contributed by atoms with Gasteiger partial charge in [-0.3, -0.25) is 4.79 Å². The first-order valence-corrected chi connectivity index (χ1v) is 6.79. The summed E-state index contributed by atoms with van der Waals surface area (Å²) in [7, 11) is 3.88. The molecule has 0 unspecified atom stereocenters. The van der Waals surface area contributed by atoms with Crippen LogP contribution < -0.4 is 10.1 Å². The zero-order valence-corrected chi connectivity index (χ0v) is 12.5. The Kier molecular flexibility index (Phi) is 7.62. The third-order valence-electron chi connectivity index (χ3n) is 2.62. The molecule has 0 fully saturated rings. The van der Waals surface area contributed by atoms with Gasteiger partial charge in [-0.1, -0.05) is 18.2 Å². The topological polar surface area (TPSA) is 65.4 Å². The van der Waals surface area contributed by atoms with Gasteiger partial charge in [0.2, 0.25) is 5.91 Å². The first kappa shape index (κ1) is 16.7. The molecule has 1 aromatic carbocycles. The summed E-state index contributed by atoms with van der Waals surface area (Å²) in [4.78, 5) is 13.4. The molecule has 0 aromatic heterocycles. The molecule has 0 aliphatic rings. The molecule has 1 rings (SSSR count). The highest BCUT2D eigenvalue weighted by Gasteiger charge is 1.97. The van der Waals surface area contributed by atoms with Crippen molar-refractivity contribution in [3.05, 3.63) is 42.0 Å². The lowest BCUT2D eigenvalue weighted by molar-refractivity contribution is -0.116. The molecule has 0 spiro atoms. The Morgan fingerprint density at radius 2 is 2.10 bits per heavy atom. The van der Waals surface area contributed by atoms with E-state index in [4.69, 9.17) is 10.00 Å². The zero-order chi connectivity index (χ0) is 15.5. The third kappa shape index (κ3) is 7.75. The van der Waals surface area contributed by atoms with Gasteiger partial charge in [0.05, 0.1) is 19.0 Å². The fourth-order valence-electron chi connectivity index (χ4n) is 1.57. The SMILES string of the molecule is CN(C)C/C=C/C(=O)NCCOc1ccc(CC#N)cc1. The Hall–Kier alpha value is -2.32. The van der Waals surface area contributed by atoms with Gasteiger partial charge in [0.15, 0.2) is 0 Å². The smallest absolute Gasteiger partial charge is 0.243 e. The quantitative estimate of drug-likeness (QED) is 0.579. The number of amides is 1. The highest BCUT2D eigenvalue weighted by Crippen LogP contribution is 2.11. The van der Waals surface area contributed by atoms with Gasteiger partial charge < -0.3 is 15.0 Å². The van der Waals surface area contributed by atoms with Crippen molar-refractivity contribution in [2.75, 3.05) is 33.8 Å². The number of hydrogen-bond donors (Lipinski definition) is 1. The van der Waals surface area contributed by atoms with Gasteiger partial charge in [-0.05, 0) is 31.8 Å². The maximum atomic E-state index is 11.4. The zero-order valence-electron chi connectivity index (χ0n) is 12.5. The van der Waals surface area contributed by atoms with Crippen molar-refractivity contribution in [2.45, 2.75) is 6.42 Å². The maximum absolute atomic E-state index is 11.4. The molecule has 1 N–H and O–H groups in total. The summed E-state index contributed by atoms with van der Waals surface area (Å²) in [5, 5.41) is 11.3. The number of carbonyl (C=O) groups excluding carboxylic acids is 1. The molecular weight excluding hydrogens is 266 g/mol. The Balaban J connectivity index is 2.20. The molecule has 1 amide bonds. The van der Waals surface area contributed by atoms with Crippen LogP contribution in [0.4, 0.5) is 0 Å². The molecule has 0 heterocycles. The van der Waals surface area contributed by atoms with Crippen LogP contribution in [-0.4, -0.2) is 44.6 Å². The summed E-state index contributed by atoms with van der Waals surface area (Å²) >= 11 is 0. The molecule has 5 heteroatoms. The lowest BCUT2D eigenvalue weighted by atomic mass is 10.2. The van der Waals surface area contributed by atoms with E-state index in [1.807, 2.05) is 49.3 Å². The summed E-state index contributed by atoms with van der Waals surface area (Å²) in [5.41, 5.74) is 0.962. The van der Waals surface area contributed by atoms with E-state index in [1.54, 1.807) is 0 Å². The minimum absolute atomic E-state index is 0.121. The highest BCUT2D eigenvalue weighted by atomic mass is 16.5. The maximum Gasteiger partial charge on any atom is 0.243 e. The highest BCUT2D eigenvalue weighted by molar-refractivity contribution is 5.87. The van der Waals surface area contributed by atoms with Crippen molar-refractivity contribution in [1.82, 2.24) is 10.2 Å². The summed E-state index contributed by atoms with van der Waals surface area (Å²) in [5.74, 6) is 0.610. The molecule has 0 saturated heterocycles. The molecule has 0 atom stereocenters. The van der Waals surface area contributed by atoms with Crippen molar-refractivity contribution < 1.29 is 9.53 Å². The van der Waals surface area contributed by atoms with E-state index in [-0.39, 0.29) is 5.91 Å². The predicted octanol–water partition coefficient (Wildman–Crippen LogP) is 1.37. The van der Waals surface area contributed by atoms with E-state index in [0.29, 0.717) is 19.6 Å². The van der Waals surface area contributed by atoms with Crippen LogP contribution in [-0.2, 0) is 11.2 Å². The molecular formula is C16H21N3O2. The van der Waals surface area contributed by atoms with E-state index in [2.05, 4.69) is 11.4 Å². The van der Waals surface area contributed by atoms with Gasteiger partial charge in [0.25, 0.3) is 0 Å². The third-order valence-corrected chi connectivity index (χ3v) is 2.62. The molecule has 0 aliphatic carbocycles. The number of ether oxygens (including phenoxy) is 1. The number of nitriles is 1. The number of hydrogen-bond acceptors (Lipinski definition) is 4. The monoisotopic (exact) mass is 287 g/mol. The molecule has 0 radical (unpaired) electrons. The Labute approximate surface area is 125 Å². The van der Waals surface area contributed by atoms with Crippen LogP contribution in [0.5, 0.6) is 5.75 Å². The fraction of sp³-hybridized carbons (Fsp3) is 0.375. The van der Waals surface area contributed by atoms with E-state index in [0.717, 1.165) is 17.9 Å². The predicted molar refractivity (Wildman–Crippen MR) is 82.0 cm³/mol.